The van der Waals surface area contributed by atoms with Gasteiger partial charge in [0.05, 0.1) is 12.6 Å². The van der Waals surface area contributed by atoms with Gasteiger partial charge in [-0.05, 0) is 81.5 Å². The summed E-state index contributed by atoms with van der Waals surface area (Å²) in [7, 11) is 0. The molecule has 0 spiro atoms. The third-order valence-corrected chi connectivity index (χ3v) is 6.94. The van der Waals surface area contributed by atoms with Crippen LogP contribution in [-0.2, 0) is 16.1 Å². The number of nitrogens with zero attached hydrogens (tertiary/aromatic N) is 5. The first-order valence-corrected chi connectivity index (χ1v) is 11.7. The van der Waals surface area contributed by atoms with E-state index in [9.17, 15) is 4.79 Å². The molecule has 1 saturated carbocycles. The molecule has 0 radical (unpaired) electrons. The molecule has 1 saturated heterocycles. The second kappa shape index (κ2) is 8.62. The number of aromatic nitrogens is 4. The van der Waals surface area contributed by atoms with E-state index in [1.807, 2.05) is 30.6 Å². The van der Waals surface area contributed by atoms with Crippen LogP contribution in [0, 0.1) is 32.6 Å². The van der Waals surface area contributed by atoms with Crippen LogP contribution in [0.15, 0.2) is 30.6 Å². The highest BCUT2D eigenvalue weighted by Crippen LogP contribution is 2.37. The van der Waals surface area contributed by atoms with Gasteiger partial charge in [-0.1, -0.05) is 12.1 Å². The predicted octanol–water partition coefficient (Wildman–Crippen LogP) is 4.30. The molecule has 0 aromatic carbocycles. The minimum Gasteiger partial charge on any atom is -0.272 e. The van der Waals surface area contributed by atoms with Gasteiger partial charge in [0.2, 0.25) is 5.91 Å². The van der Waals surface area contributed by atoms with Crippen LogP contribution in [0.3, 0.4) is 0 Å². The Bertz CT molecular complexity index is 1120. The van der Waals surface area contributed by atoms with Gasteiger partial charge in [-0.3, -0.25) is 14.6 Å². The number of pyridine rings is 2. The van der Waals surface area contributed by atoms with Crippen LogP contribution in [0.5, 0.6) is 0 Å². The van der Waals surface area contributed by atoms with Crippen LogP contribution in [0.1, 0.15) is 66.4 Å². The summed E-state index contributed by atoms with van der Waals surface area (Å²) in [5.74, 6) is 1.58. The summed E-state index contributed by atoms with van der Waals surface area (Å²) in [6.45, 7) is 6.58. The Labute approximate surface area is 188 Å². The number of rotatable bonds is 4. The maximum absolute atomic E-state index is 13.3. The van der Waals surface area contributed by atoms with Crippen molar-refractivity contribution in [3.05, 3.63) is 58.8 Å². The average Bonchev–Trinajstić information content (AvgIpc) is 3.41. The molecule has 1 amide bonds. The second-order valence-corrected chi connectivity index (χ2v) is 9.41. The molecule has 5 rings (SSSR count). The van der Waals surface area contributed by atoms with Crippen LogP contribution < -0.4 is 0 Å². The number of carbonyl (C=O) groups excluding carboxylic acids is 1. The monoisotopic (exact) mass is 433 g/mol. The van der Waals surface area contributed by atoms with Crippen molar-refractivity contribution < 1.29 is 9.63 Å². The van der Waals surface area contributed by atoms with Crippen LogP contribution in [0.2, 0.25) is 0 Å². The number of hydrogen-bond acceptors (Lipinski definition) is 5. The van der Waals surface area contributed by atoms with Gasteiger partial charge in [0, 0.05) is 30.4 Å². The molecule has 1 aliphatic heterocycles. The fraction of sp³-hybridized carbons (Fsp3) is 0.520. The molecule has 0 unspecified atom stereocenters. The largest absolute Gasteiger partial charge is 0.272 e. The maximum Gasteiger partial charge on any atom is 0.249 e. The van der Waals surface area contributed by atoms with E-state index in [2.05, 4.69) is 40.3 Å². The highest BCUT2D eigenvalue weighted by atomic mass is 16.7. The lowest BCUT2D eigenvalue weighted by Crippen LogP contribution is -2.36. The third kappa shape index (κ3) is 4.13. The number of carbonyl (C=O) groups is 1. The number of fused-ring (bicyclic) bond motifs is 1. The SMILES string of the molecule is Cc1ccc([C@@H]2CCON2C(=O)[C@H]2CC[C@H](Cc3cc(C)c4nc(C)nn4c3)CC2)cn1. The van der Waals surface area contributed by atoms with Crippen molar-refractivity contribution in [3.63, 3.8) is 0 Å². The van der Waals surface area contributed by atoms with E-state index < -0.39 is 0 Å². The minimum absolute atomic E-state index is 0.0193. The summed E-state index contributed by atoms with van der Waals surface area (Å²) in [5, 5.41) is 6.12. The van der Waals surface area contributed by atoms with Crippen molar-refractivity contribution in [1.82, 2.24) is 24.6 Å². The Hall–Kier alpha value is -2.80. The smallest absolute Gasteiger partial charge is 0.249 e. The van der Waals surface area contributed by atoms with E-state index in [0.29, 0.717) is 12.5 Å². The Morgan fingerprint density at radius 2 is 1.94 bits per heavy atom. The van der Waals surface area contributed by atoms with Crippen LogP contribution in [-0.4, -0.2) is 37.2 Å². The van der Waals surface area contributed by atoms with E-state index in [1.165, 1.54) is 5.56 Å². The average molecular weight is 434 g/mol. The molecule has 0 bridgehead atoms. The Morgan fingerprint density at radius 1 is 1.12 bits per heavy atom. The number of hydrogen-bond donors (Lipinski definition) is 0. The molecular formula is C25H31N5O2. The number of hydroxylamine groups is 2. The zero-order valence-corrected chi connectivity index (χ0v) is 19.1. The Balaban J connectivity index is 1.21. The molecule has 0 N–H and O–H groups in total. The lowest BCUT2D eigenvalue weighted by Gasteiger charge is -2.32. The summed E-state index contributed by atoms with van der Waals surface area (Å²) in [6.07, 6.45) is 9.81. The first-order chi connectivity index (χ1) is 15.5. The van der Waals surface area contributed by atoms with Gasteiger partial charge in [0.25, 0.3) is 0 Å². The van der Waals surface area contributed by atoms with Crippen LogP contribution >= 0.6 is 0 Å². The lowest BCUT2D eigenvalue weighted by molar-refractivity contribution is -0.183. The maximum atomic E-state index is 13.3. The van der Waals surface area contributed by atoms with Crippen molar-refractivity contribution in [2.75, 3.05) is 6.61 Å². The van der Waals surface area contributed by atoms with Gasteiger partial charge >= 0.3 is 0 Å². The molecule has 32 heavy (non-hydrogen) atoms. The van der Waals surface area contributed by atoms with E-state index in [0.717, 1.165) is 66.8 Å². The predicted molar refractivity (Wildman–Crippen MR) is 121 cm³/mol. The Morgan fingerprint density at radius 3 is 2.69 bits per heavy atom. The molecule has 3 aromatic heterocycles. The van der Waals surface area contributed by atoms with Gasteiger partial charge in [0.1, 0.15) is 5.82 Å². The van der Waals surface area contributed by atoms with Crippen molar-refractivity contribution in [2.45, 2.75) is 65.3 Å². The van der Waals surface area contributed by atoms with Crippen LogP contribution in [0.25, 0.3) is 5.65 Å². The van der Waals surface area contributed by atoms with E-state index in [1.54, 1.807) is 5.06 Å². The van der Waals surface area contributed by atoms with Crippen molar-refractivity contribution in [3.8, 4) is 0 Å². The van der Waals surface area contributed by atoms with Crippen molar-refractivity contribution in [2.24, 2.45) is 11.8 Å². The number of amides is 1. The molecule has 2 fully saturated rings. The second-order valence-electron chi connectivity index (χ2n) is 9.41. The fourth-order valence-corrected chi connectivity index (χ4v) is 5.23. The van der Waals surface area contributed by atoms with Gasteiger partial charge in [-0.2, -0.15) is 5.10 Å². The molecular weight excluding hydrogens is 402 g/mol. The molecule has 1 aliphatic carbocycles. The van der Waals surface area contributed by atoms with E-state index in [-0.39, 0.29) is 17.9 Å². The topological polar surface area (TPSA) is 72.6 Å². The summed E-state index contributed by atoms with van der Waals surface area (Å²) >= 11 is 0. The quantitative estimate of drug-likeness (QED) is 0.613. The molecule has 3 aromatic rings. The fourth-order valence-electron chi connectivity index (χ4n) is 5.23. The van der Waals surface area contributed by atoms with Gasteiger partial charge in [-0.15, -0.1) is 0 Å². The summed E-state index contributed by atoms with van der Waals surface area (Å²) < 4.78 is 1.90. The third-order valence-electron chi connectivity index (χ3n) is 6.94. The molecule has 1 atom stereocenters. The number of aryl methyl sites for hydroxylation is 3. The van der Waals surface area contributed by atoms with E-state index in [4.69, 9.17) is 4.84 Å². The lowest BCUT2D eigenvalue weighted by atomic mass is 9.79. The standard InChI is InChI=1S/C25H31N5O2/c1-16-12-20(15-29-24(16)27-18(3)28-29)13-19-5-8-21(9-6-19)25(31)30-23(10-11-32-30)22-7-4-17(2)26-14-22/h4,7,12,14-15,19,21,23H,5-6,8-11,13H2,1-3H3/t19-,21-,23-/m0/s1. The first-order valence-electron chi connectivity index (χ1n) is 11.7. The highest BCUT2D eigenvalue weighted by Gasteiger charge is 2.37. The first kappa shape index (κ1) is 21.1. The molecule has 168 valence electrons. The molecule has 7 heteroatoms. The Kier molecular flexibility index (Phi) is 5.67. The summed E-state index contributed by atoms with van der Waals surface area (Å²) in [5.41, 5.74) is 5.44. The summed E-state index contributed by atoms with van der Waals surface area (Å²) in [4.78, 5) is 28.0. The van der Waals surface area contributed by atoms with Crippen molar-refractivity contribution in [1.29, 1.82) is 0 Å². The molecule has 2 aliphatic rings. The minimum atomic E-state index is -0.0193. The van der Waals surface area contributed by atoms with E-state index >= 15 is 0 Å². The summed E-state index contributed by atoms with van der Waals surface area (Å²) in [6, 6.07) is 6.28. The van der Waals surface area contributed by atoms with Crippen molar-refractivity contribution >= 4 is 11.6 Å². The van der Waals surface area contributed by atoms with Crippen LogP contribution in [0.4, 0.5) is 0 Å². The van der Waals surface area contributed by atoms with Gasteiger partial charge in [-0.25, -0.2) is 14.6 Å². The molecule has 4 heterocycles. The normalized spacial score (nSPS) is 23.7. The van der Waals surface area contributed by atoms with Gasteiger partial charge in [0.15, 0.2) is 5.65 Å². The zero-order valence-electron chi connectivity index (χ0n) is 19.1. The molecule has 7 nitrogen and oxygen atoms in total. The zero-order chi connectivity index (χ0) is 22.2. The highest BCUT2D eigenvalue weighted by molar-refractivity contribution is 5.78. The van der Waals surface area contributed by atoms with Gasteiger partial charge < -0.3 is 0 Å².